The fourth-order valence-electron chi connectivity index (χ4n) is 2.05. The van der Waals surface area contributed by atoms with Crippen molar-refractivity contribution < 1.29 is 19.0 Å². The van der Waals surface area contributed by atoms with Gasteiger partial charge in [-0.1, -0.05) is 41.4 Å². The number of hydrogen-bond donors (Lipinski definition) is 0. The molecule has 0 aliphatic heterocycles. The Balaban J connectivity index is 2.25. The first-order valence-electron chi connectivity index (χ1n) is 7.28. The molecule has 0 N–H and O–H groups in total. The van der Waals surface area contributed by atoms with Gasteiger partial charge in [0.15, 0.2) is 11.5 Å². The molecule has 0 aromatic heterocycles. The first-order chi connectivity index (χ1) is 11.0. The van der Waals surface area contributed by atoms with E-state index in [1.165, 1.54) is 18.7 Å². The minimum absolute atomic E-state index is 0.309. The molecular formula is C18H19ClO4. The molecule has 2 aromatic rings. The Bertz CT molecular complexity index is 680. The van der Waals surface area contributed by atoms with E-state index < -0.39 is 5.97 Å². The highest BCUT2D eigenvalue weighted by molar-refractivity contribution is 6.32. The van der Waals surface area contributed by atoms with Gasteiger partial charge in [0.2, 0.25) is 0 Å². The third kappa shape index (κ3) is 4.39. The highest BCUT2D eigenvalue weighted by atomic mass is 35.5. The second kappa shape index (κ2) is 7.88. The molecule has 0 bridgehead atoms. The van der Waals surface area contributed by atoms with Gasteiger partial charge < -0.3 is 14.2 Å². The Hall–Kier alpha value is -2.20. The van der Waals surface area contributed by atoms with Crippen LogP contribution >= 0.6 is 11.6 Å². The quantitative estimate of drug-likeness (QED) is 0.734. The van der Waals surface area contributed by atoms with E-state index in [0.717, 1.165) is 5.56 Å². The molecule has 23 heavy (non-hydrogen) atoms. The summed E-state index contributed by atoms with van der Waals surface area (Å²) in [5.41, 5.74) is 2.53. The van der Waals surface area contributed by atoms with Gasteiger partial charge in [0.1, 0.15) is 6.61 Å². The van der Waals surface area contributed by atoms with Crippen molar-refractivity contribution in [3.63, 3.8) is 0 Å². The average Bonchev–Trinajstić information content (AvgIpc) is 2.55. The Morgan fingerprint density at radius 2 is 1.83 bits per heavy atom. The highest BCUT2D eigenvalue weighted by Gasteiger charge is 2.16. The lowest BCUT2D eigenvalue weighted by Gasteiger charge is -2.15. The zero-order chi connectivity index (χ0) is 16.8. The molecule has 122 valence electrons. The maximum Gasteiger partial charge on any atom is 0.338 e. The van der Waals surface area contributed by atoms with E-state index in [1.54, 1.807) is 6.07 Å². The Labute approximate surface area is 140 Å². The Morgan fingerprint density at radius 3 is 2.43 bits per heavy atom. The molecule has 0 saturated heterocycles. The summed E-state index contributed by atoms with van der Waals surface area (Å²) in [4.78, 5) is 11.7. The first kappa shape index (κ1) is 17.2. The van der Waals surface area contributed by atoms with Crippen molar-refractivity contribution in [2.75, 3.05) is 13.7 Å². The standard InChI is InChI=1S/C18H19ClO4/c1-4-22-16-10-14(18(20)21-3)9-15(19)17(16)23-11-13-7-5-12(2)6-8-13/h5-10H,4,11H2,1-3H3. The fraction of sp³-hybridized carbons (Fsp3) is 0.278. The molecule has 0 radical (unpaired) electrons. The van der Waals surface area contributed by atoms with Crippen LogP contribution in [0.4, 0.5) is 0 Å². The van der Waals surface area contributed by atoms with E-state index in [1.807, 2.05) is 38.1 Å². The van der Waals surface area contributed by atoms with Crippen LogP contribution < -0.4 is 9.47 Å². The lowest BCUT2D eigenvalue weighted by molar-refractivity contribution is 0.0600. The van der Waals surface area contributed by atoms with Crippen molar-refractivity contribution >= 4 is 17.6 Å². The maximum absolute atomic E-state index is 11.7. The second-order valence-electron chi connectivity index (χ2n) is 4.98. The van der Waals surface area contributed by atoms with Crippen LogP contribution in [0.15, 0.2) is 36.4 Å². The summed E-state index contributed by atoms with van der Waals surface area (Å²) in [5.74, 6) is 0.368. The van der Waals surface area contributed by atoms with E-state index in [4.69, 9.17) is 25.8 Å². The third-order valence-corrected chi connectivity index (χ3v) is 3.51. The lowest BCUT2D eigenvalue weighted by atomic mass is 10.1. The summed E-state index contributed by atoms with van der Waals surface area (Å²) in [6.45, 7) is 4.67. The molecule has 0 atom stereocenters. The molecule has 2 rings (SSSR count). The van der Waals surface area contributed by atoms with Crippen molar-refractivity contribution in [1.82, 2.24) is 0 Å². The summed E-state index contributed by atoms with van der Waals surface area (Å²) in [5, 5.41) is 0.309. The van der Waals surface area contributed by atoms with E-state index in [2.05, 4.69) is 0 Å². The van der Waals surface area contributed by atoms with Crippen LogP contribution in [0.25, 0.3) is 0 Å². The number of esters is 1. The average molecular weight is 335 g/mol. The van der Waals surface area contributed by atoms with Gasteiger partial charge >= 0.3 is 5.97 Å². The highest BCUT2D eigenvalue weighted by Crippen LogP contribution is 2.37. The van der Waals surface area contributed by atoms with Gasteiger partial charge in [-0.2, -0.15) is 0 Å². The van der Waals surface area contributed by atoms with Crippen LogP contribution in [0.1, 0.15) is 28.4 Å². The summed E-state index contributed by atoms with van der Waals surface area (Å²) >= 11 is 6.25. The number of benzene rings is 2. The predicted octanol–water partition coefficient (Wildman–Crippen LogP) is 4.41. The van der Waals surface area contributed by atoms with Crippen molar-refractivity contribution in [2.45, 2.75) is 20.5 Å². The minimum Gasteiger partial charge on any atom is -0.490 e. The fourth-order valence-corrected chi connectivity index (χ4v) is 2.31. The lowest BCUT2D eigenvalue weighted by Crippen LogP contribution is -2.05. The van der Waals surface area contributed by atoms with Gasteiger partial charge in [-0.15, -0.1) is 0 Å². The number of halogens is 1. The molecule has 0 spiro atoms. The molecule has 2 aromatic carbocycles. The Morgan fingerprint density at radius 1 is 1.13 bits per heavy atom. The van der Waals surface area contributed by atoms with Gasteiger partial charge in [0, 0.05) is 0 Å². The van der Waals surface area contributed by atoms with Gasteiger partial charge in [-0.05, 0) is 31.5 Å². The van der Waals surface area contributed by atoms with E-state index in [9.17, 15) is 4.79 Å². The van der Waals surface area contributed by atoms with Gasteiger partial charge in [0.25, 0.3) is 0 Å². The number of aryl methyl sites for hydroxylation is 1. The van der Waals surface area contributed by atoms with Gasteiger partial charge in [-0.25, -0.2) is 4.79 Å². The summed E-state index contributed by atoms with van der Waals surface area (Å²) in [7, 11) is 1.32. The Kier molecular flexibility index (Phi) is 5.88. The molecule has 0 unspecified atom stereocenters. The van der Waals surface area contributed by atoms with Crippen LogP contribution in [-0.2, 0) is 11.3 Å². The smallest absolute Gasteiger partial charge is 0.338 e. The van der Waals surface area contributed by atoms with Crippen molar-refractivity contribution in [3.05, 3.63) is 58.1 Å². The molecule has 0 heterocycles. The number of carbonyl (C=O) groups is 1. The van der Waals surface area contributed by atoms with Crippen LogP contribution in [0.2, 0.25) is 5.02 Å². The molecule has 0 amide bonds. The topological polar surface area (TPSA) is 44.8 Å². The van der Waals surface area contributed by atoms with E-state index in [0.29, 0.717) is 35.3 Å². The van der Waals surface area contributed by atoms with Crippen LogP contribution in [-0.4, -0.2) is 19.7 Å². The van der Waals surface area contributed by atoms with Crippen molar-refractivity contribution in [2.24, 2.45) is 0 Å². The maximum atomic E-state index is 11.7. The summed E-state index contributed by atoms with van der Waals surface area (Å²) < 4.78 is 16.1. The van der Waals surface area contributed by atoms with Crippen LogP contribution in [0.5, 0.6) is 11.5 Å². The molecule has 4 nitrogen and oxygen atoms in total. The van der Waals surface area contributed by atoms with Crippen LogP contribution in [0, 0.1) is 6.92 Å². The minimum atomic E-state index is -0.474. The van der Waals surface area contributed by atoms with Crippen molar-refractivity contribution in [1.29, 1.82) is 0 Å². The molecule has 0 aliphatic rings. The second-order valence-corrected chi connectivity index (χ2v) is 5.39. The number of carbonyl (C=O) groups excluding carboxylic acids is 1. The summed E-state index contributed by atoms with van der Waals surface area (Å²) in [6.07, 6.45) is 0. The molecule has 0 saturated carbocycles. The normalized spacial score (nSPS) is 10.3. The van der Waals surface area contributed by atoms with Crippen LogP contribution in [0.3, 0.4) is 0 Å². The third-order valence-electron chi connectivity index (χ3n) is 3.23. The van der Waals surface area contributed by atoms with Gasteiger partial charge in [0.05, 0.1) is 24.3 Å². The molecular weight excluding hydrogens is 316 g/mol. The SMILES string of the molecule is CCOc1cc(C(=O)OC)cc(Cl)c1OCc1ccc(C)cc1. The zero-order valence-corrected chi connectivity index (χ0v) is 14.1. The van der Waals surface area contributed by atoms with E-state index in [-0.39, 0.29) is 0 Å². The first-order valence-corrected chi connectivity index (χ1v) is 7.66. The number of ether oxygens (including phenoxy) is 3. The van der Waals surface area contributed by atoms with Gasteiger partial charge in [-0.3, -0.25) is 0 Å². The number of hydrogen-bond acceptors (Lipinski definition) is 4. The number of methoxy groups -OCH3 is 1. The molecule has 5 heteroatoms. The zero-order valence-electron chi connectivity index (χ0n) is 13.4. The molecule has 0 fully saturated rings. The number of rotatable bonds is 6. The summed E-state index contributed by atoms with van der Waals surface area (Å²) in [6, 6.07) is 11.1. The van der Waals surface area contributed by atoms with E-state index >= 15 is 0 Å². The molecule has 0 aliphatic carbocycles. The predicted molar refractivity (Wildman–Crippen MR) is 89.5 cm³/mol. The van der Waals surface area contributed by atoms with Crippen molar-refractivity contribution in [3.8, 4) is 11.5 Å². The monoisotopic (exact) mass is 334 g/mol. The largest absolute Gasteiger partial charge is 0.490 e.